The number of nitrogens with zero attached hydrogens (tertiary/aromatic N) is 1. The highest BCUT2D eigenvalue weighted by atomic mass is 16.1. The molecule has 0 aliphatic rings. The van der Waals surface area contributed by atoms with E-state index in [9.17, 15) is 4.79 Å². The van der Waals surface area contributed by atoms with Gasteiger partial charge < -0.3 is 10.2 Å². The number of amides is 1. The minimum absolute atomic E-state index is 0.0142. The van der Waals surface area contributed by atoms with E-state index in [0.717, 1.165) is 16.8 Å². The number of hydrogen-bond acceptors (Lipinski definition) is 2. The van der Waals surface area contributed by atoms with E-state index in [1.807, 2.05) is 52.2 Å². The summed E-state index contributed by atoms with van der Waals surface area (Å²) >= 11 is 0. The maximum absolute atomic E-state index is 11.7. The molecule has 2 rings (SSSR count). The summed E-state index contributed by atoms with van der Waals surface area (Å²) in [6.07, 6.45) is 4.15. The molecule has 0 aliphatic heterocycles. The van der Waals surface area contributed by atoms with Gasteiger partial charge in [0, 0.05) is 31.4 Å². The van der Waals surface area contributed by atoms with Crippen molar-refractivity contribution in [1.29, 1.82) is 0 Å². The lowest BCUT2D eigenvalue weighted by molar-refractivity contribution is -0.118. The van der Waals surface area contributed by atoms with Gasteiger partial charge in [0.25, 0.3) is 0 Å². The van der Waals surface area contributed by atoms with Gasteiger partial charge in [0.1, 0.15) is 0 Å². The molecule has 0 spiro atoms. The fraction of sp³-hybridized carbons (Fsp3) is 0.250. The van der Waals surface area contributed by atoms with Crippen LogP contribution in [0.5, 0.6) is 0 Å². The Balaban J connectivity index is 2.01. The average Bonchev–Trinajstić information content (AvgIpc) is 2.54. The van der Waals surface area contributed by atoms with E-state index in [-0.39, 0.29) is 11.8 Å². The van der Waals surface area contributed by atoms with Crippen molar-refractivity contribution in [2.24, 2.45) is 5.92 Å². The number of nitrogens with one attached hydrogen (secondary N) is 1. The molecule has 0 aromatic heterocycles. The molecule has 0 aliphatic carbocycles. The summed E-state index contributed by atoms with van der Waals surface area (Å²) in [5.74, 6) is 0.0222. The van der Waals surface area contributed by atoms with Gasteiger partial charge >= 0.3 is 0 Å². The first-order valence-corrected chi connectivity index (χ1v) is 7.82. The van der Waals surface area contributed by atoms with Crippen LogP contribution in [-0.2, 0) is 4.79 Å². The van der Waals surface area contributed by atoms with Crippen LogP contribution in [0, 0.1) is 5.92 Å². The molecule has 0 unspecified atom stereocenters. The van der Waals surface area contributed by atoms with Gasteiger partial charge in [-0.05, 0) is 35.4 Å². The highest BCUT2D eigenvalue weighted by Gasteiger charge is 2.06. The zero-order valence-corrected chi connectivity index (χ0v) is 14.2. The molecule has 1 N–H and O–H groups in total. The lowest BCUT2D eigenvalue weighted by Gasteiger charge is -2.11. The van der Waals surface area contributed by atoms with Crippen molar-refractivity contribution >= 4 is 29.4 Å². The third kappa shape index (κ3) is 4.99. The number of rotatable bonds is 5. The maximum atomic E-state index is 11.7. The van der Waals surface area contributed by atoms with Gasteiger partial charge in [-0.15, -0.1) is 0 Å². The molecule has 0 atom stereocenters. The summed E-state index contributed by atoms with van der Waals surface area (Å²) in [5, 5.41) is 2.89. The third-order valence-corrected chi connectivity index (χ3v) is 3.58. The SMILES string of the molecule is CC(C)C(=O)Nc1ccc(/C=C/c2ccc(N(C)C)cc2)cc1. The van der Waals surface area contributed by atoms with Gasteiger partial charge in [-0.25, -0.2) is 0 Å². The number of carbonyl (C=O) groups is 1. The molecule has 3 nitrogen and oxygen atoms in total. The summed E-state index contributed by atoms with van der Waals surface area (Å²) in [4.78, 5) is 13.7. The lowest BCUT2D eigenvalue weighted by Crippen LogP contribution is -2.17. The molecular formula is C20H24N2O. The molecule has 3 heteroatoms. The molecule has 2 aromatic carbocycles. The van der Waals surface area contributed by atoms with Crippen LogP contribution in [0.3, 0.4) is 0 Å². The van der Waals surface area contributed by atoms with E-state index < -0.39 is 0 Å². The molecule has 0 heterocycles. The molecule has 0 saturated carbocycles. The van der Waals surface area contributed by atoms with Gasteiger partial charge in [-0.1, -0.05) is 50.3 Å². The summed E-state index contributed by atoms with van der Waals surface area (Å²) in [5.41, 5.74) is 4.28. The van der Waals surface area contributed by atoms with E-state index >= 15 is 0 Å². The third-order valence-electron chi connectivity index (χ3n) is 3.58. The number of carbonyl (C=O) groups excluding carboxylic acids is 1. The van der Waals surface area contributed by atoms with Crippen LogP contribution in [0.2, 0.25) is 0 Å². The summed E-state index contributed by atoms with van der Waals surface area (Å²) in [7, 11) is 4.06. The first-order chi connectivity index (χ1) is 11.0. The van der Waals surface area contributed by atoms with Crippen molar-refractivity contribution in [2.75, 3.05) is 24.3 Å². The predicted octanol–water partition coefficient (Wildman–Crippen LogP) is 4.52. The Morgan fingerprint density at radius 2 is 1.39 bits per heavy atom. The molecule has 120 valence electrons. The quantitative estimate of drug-likeness (QED) is 0.824. The average molecular weight is 308 g/mol. The van der Waals surface area contributed by atoms with Gasteiger partial charge in [-0.3, -0.25) is 4.79 Å². The minimum Gasteiger partial charge on any atom is -0.378 e. The summed E-state index contributed by atoms with van der Waals surface area (Å²) < 4.78 is 0. The van der Waals surface area contributed by atoms with Crippen molar-refractivity contribution in [1.82, 2.24) is 0 Å². The van der Waals surface area contributed by atoms with Crippen LogP contribution in [0.1, 0.15) is 25.0 Å². The monoisotopic (exact) mass is 308 g/mol. The Labute approximate surface area is 138 Å². The van der Waals surface area contributed by atoms with Crippen molar-refractivity contribution in [3.8, 4) is 0 Å². The second-order valence-corrected chi connectivity index (χ2v) is 6.09. The molecule has 0 fully saturated rings. The Morgan fingerprint density at radius 3 is 1.83 bits per heavy atom. The number of benzene rings is 2. The van der Waals surface area contributed by atoms with Gasteiger partial charge in [0.05, 0.1) is 0 Å². The van der Waals surface area contributed by atoms with Crippen molar-refractivity contribution < 1.29 is 4.79 Å². The van der Waals surface area contributed by atoms with E-state index in [1.54, 1.807) is 0 Å². The molecule has 0 radical (unpaired) electrons. The zero-order valence-electron chi connectivity index (χ0n) is 14.2. The minimum atomic E-state index is -0.0142. The Morgan fingerprint density at radius 1 is 0.913 bits per heavy atom. The van der Waals surface area contributed by atoms with Gasteiger partial charge in [0.2, 0.25) is 5.91 Å². The van der Waals surface area contributed by atoms with Crippen LogP contribution >= 0.6 is 0 Å². The normalized spacial score (nSPS) is 11.0. The van der Waals surface area contributed by atoms with Crippen LogP contribution in [0.15, 0.2) is 48.5 Å². The standard InChI is InChI=1S/C20H24N2O/c1-15(2)20(23)21-18-11-7-16(8-12-18)5-6-17-9-13-19(14-10-17)22(3)4/h5-15H,1-4H3,(H,21,23)/b6-5+. The summed E-state index contributed by atoms with van der Waals surface area (Å²) in [6.45, 7) is 3.77. The smallest absolute Gasteiger partial charge is 0.226 e. The largest absolute Gasteiger partial charge is 0.378 e. The number of anilines is 2. The van der Waals surface area contributed by atoms with E-state index in [2.05, 4.69) is 46.6 Å². The van der Waals surface area contributed by atoms with Crippen molar-refractivity contribution in [3.63, 3.8) is 0 Å². The van der Waals surface area contributed by atoms with Gasteiger partial charge in [-0.2, -0.15) is 0 Å². The maximum Gasteiger partial charge on any atom is 0.226 e. The molecular weight excluding hydrogens is 284 g/mol. The Bertz CT molecular complexity index is 668. The van der Waals surface area contributed by atoms with Crippen molar-refractivity contribution in [3.05, 3.63) is 59.7 Å². The first-order valence-electron chi connectivity index (χ1n) is 7.82. The second kappa shape index (κ2) is 7.63. The van der Waals surface area contributed by atoms with Crippen LogP contribution in [-0.4, -0.2) is 20.0 Å². The zero-order chi connectivity index (χ0) is 16.8. The molecule has 1 amide bonds. The molecule has 0 saturated heterocycles. The van der Waals surface area contributed by atoms with Crippen molar-refractivity contribution in [2.45, 2.75) is 13.8 Å². The van der Waals surface area contributed by atoms with Crippen LogP contribution in [0.4, 0.5) is 11.4 Å². The van der Waals surface area contributed by atoms with E-state index in [1.165, 1.54) is 5.69 Å². The van der Waals surface area contributed by atoms with E-state index in [4.69, 9.17) is 0 Å². The van der Waals surface area contributed by atoms with Crippen LogP contribution in [0.25, 0.3) is 12.2 Å². The first kappa shape index (κ1) is 16.8. The fourth-order valence-electron chi connectivity index (χ4n) is 2.04. The number of hydrogen-bond donors (Lipinski definition) is 1. The topological polar surface area (TPSA) is 32.3 Å². The molecule has 23 heavy (non-hydrogen) atoms. The van der Waals surface area contributed by atoms with E-state index in [0.29, 0.717) is 0 Å². The molecule has 0 bridgehead atoms. The van der Waals surface area contributed by atoms with Gasteiger partial charge in [0.15, 0.2) is 0 Å². The lowest BCUT2D eigenvalue weighted by atomic mass is 10.1. The highest BCUT2D eigenvalue weighted by Crippen LogP contribution is 2.16. The predicted molar refractivity (Wildman–Crippen MR) is 99.6 cm³/mol. The Hall–Kier alpha value is -2.55. The Kier molecular flexibility index (Phi) is 5.58. The summed E-state index contributed by atoms with van der Waals surface area (Å²) in [6, 6.07) is 16.3. The highest BCUT2D eigenvalue weighted by molar-refractivity contribution is 5.92. The fourth-order valence-corrected chi connectivity index (χ4v) is 2.04. The molecule has 2 aromatic rings. The second-order valence-electron chi connectivity index (χ2n) is 6.09. The van der Waals surface area contributed by atoms with Crippen LogP contribution < -0.4 is 10.2 Å².